The van der Waals surface area contributed by atoms with Crippen LogP contribution in [-0.4, -0.2) is 37.8 Å². The topological polar surface area (TPSA) is 99.1 Å². The van der Waals surface area contributed by atoms with Crippen LogP contribution in [0.2, 0.25) is 0 Å². The summed E-state index contributed by atoms with van der Waals surface area (Å²) in [6.07, 6.45) is -4.27. The second-order valence-corrected chi connectivity index (χ2v) is 10.1. The summed E-state index contributed by atoms with van der Waals surface area (Å²) in [6.45, 7) is 0. The minimum Gasteiger partial charge on any atom is -0.336 e. The zero-order valence-corrected chi connectivity index (χ0v) is 18.1. The van der Waals surface area contributed by atoms with Gasteiger partial charge < -0.3 is 5.32 Å². The third-order valence-corrected chi connectivity index (χ3v) is 6.81. The van der Waals surface area contributed by atoms with Crippen LogP contribution in [0.15, 0.2) is 54.6 Å². The predicted octanol–water partition coefficient (Wildman–Crippen LogP) is 3.17. The maximum Gasteiger partial charge on any atom is 0.407 e. The van der Waals surface area contributed by atoms with Gasteiger partial charge in [0.25, 0.3) is 0 Å². The van der Waals surface area contributed by atoms with Crippen LogP contribution in [0.5, 0.6) is 0 Å². The van der Waals surface area contributed by atoms with E-state index in [0.29, 0.717) is 18.4 Å². The number of carbonyl (C=O) groups is 1. The molecule has 3 rings (SSSR count). The fraction of sp³-hybridized carbons (Fsp3) is 0.364. The first kappa shape index (κ1) is 24.7. The van der Waals surface area contributed by atoms with Gasteiger partial charge in [0.1, 0.15) is 23.4 Å². The summed E-state index contributed by atoms with van der Waals surface area (Å²) < 4.78 is 80.3. The van der Waals surface area contributed by atoms with Crippen molar-refractivity contribution in [1.82, 2.24) is 10.6 Å². The van der Waals surface area contributed by atoms with Gasteiger partial charge in [-0.15, -0.1) is 0 Å². The van der Waals surface area contributed by atoms with Crippen LogP contribution in [0.3, 0.4) is 0 Å². The molecular weight excluding hydrogens is 462 g/mol. The molecule has 0 unspecified atom stereocenters. The predicted molar refractivity (Wildman–Crippen MR) is 112 cm³/mol. The summed E-state index contributed by atoms with van der Waals surface area (Å²) in [5.74, 6) is -3.18. The van der Waals surface area contributed by atoms with Crippen molar-refractivity contribution in [1.29, 1.82) is 5.26 Å². The highest BCUT2D eigenvalue weighted by Crippen LogP contribution is 2.35. The van der Waals surface area contributed by atoms with Gasteiger partial charge in [0.15, 0.2) is 9.84 Å². The van der Waals surface area contributed by atoms with Crippen LogP contribution >= 0.6 is 0 Å². The zero-order chi connectivity index (χ0) is 24.3. The number of carbonyl (C=O) groups excluding carboxylic acids is 1. The minimum atomic E-state index is -4.91. The van der Waals surface area contributed by atoms with Gasteiger partial charge in [-0.3, -0.25) is 10.1 Å². The number of benzene rings is 2. The Morgan fingerprint density at radius 2 is 1.70 bits per heavy atom. The number of nitrogens with one attached hydrogen (secondary N) is 2. The van der Waals surface area contributed by atoms with Crippen molar-refractivity contribution >= 4 is 15.7 Å². The second-order valence-electron chi connectivity index (χ2n) is 7.97. The van der Waals surface area contributed by atoms with Gasteiger partial charge in [0.2, 0.25) is 5.91 Å². The largest absolute Gasteiger partial charge is 0.407 e. The lowest BCUT2D eigenvalue weighted by molar-refractivity contribution is -0.160. The van der Waals surface area contributed by atoms with E-state index in [0.717, 1.165) is 24.3 Å². The van der Waals surface area contributed by atoms with Crippen LogP contribution in [0.1, 0.15) is 30.0 Å². The van der Waals surface area contributed by atoms with E-state index in [1.54, 1.807) is 30.3 Å². The minimum absolute atomic E-state index is 0.319. The van der Waals surface area contributed by atoms with E-state index >= 15 is 0 Å². The number of nitriles is 1. The zero-order valence-electron chi connectivity index (χ0n) is 17.3. The molecule has 1 aliphatic carbocycles. The van der Waals surface area contributed by atoms with Crippen molar-refractivity contribution < 1.29 is 30.8 Å². The van der Waals surface area contributed by atoms with Gasteiger partial charge in [-0.05, 0) is 36.1 Å². The van der Waals surface area contributed by atoms with E-state index in [9.17, 15) is 36.0 Å². The lowest BCUT2D eigenvalue weighted by Crippen LogP contribution is -2.54. The molecule has 0 aliphatic heterocycles. The Labute approximate surface area is 188 Å². The molecule has 2 aromatic rings. The standard InChI is InChI=1S/C22H21F4N3O3S/c23-17-8-6-16(7-9-17)19(22(24,25)26)28-18(20(30)29-21(14-27)10-11-21)13-33(31,32)12-15-4-2-1-3-5-15/h1-9,18-19,28H,10-13H2,(H,29,30)/t18-,19-/m0/s1. The fourth-order valence-electron chi connectivity index (χ4n) is 3.29. The van der Waals surface area contributed by atoms with Crippen molar-refractivity contribution in [3.63, 3.8) is 0 Å². The Bertz CT molecular complexity index is 1130. The maximum atomic E-state index is 13.8. The maximum absolute atomic E-state index is 13.8. The quantitative estimate of drug-likeness (QED) is 0.534. The number of hydrogen-bond acceptors (Lipinski definition) is 5. The normalized spacial score (nSPS) is 16.9. The molecule has 1 saturated carbocycles. The molecule has 1 aliphatic rings. The monoisotopic (exact) mass is 483 g/mol. The van der Waals surface area contributed by atoms with Gasteiger partial charge >= 0.3 is 6.18 Å². The van der Waals surface area contributed by atoms with Crippen molar-refractivity contribution in [2.75, 3.05) is 5.75 Å². The summed E-state index contributed by atoms with van der Waals surface area (Å²) in [6, 6.07) is 9.16. The second kappa shape index (κ2) is 9.49. The van der Waals surface area contributed by atoms with Crippen molar-refractivity contribution in [3.05, 3.63) is 71.5 Å². The van der Waals surface area contributed by atoms with Crippen LogP contribution < -0.4 is 10.6 Å². The first-order chi connectivity index (χ1) is 15.4. The summed E-state index contributed by atoms with van der Waals surface area (Å²) in [5, 5.41) is 13.7. The molecule has 2 N–H and O–H groups in total. The Morgan fingerprint density at radius 3 is 2.21 bits per heavy atom. The molecule has 11 heteroatoms. The Hall–Kier alpha value is -2.97. The molecule has 0 saturated heterocycles. The molecule has 1 amide bonds. The molecule has 0 radical (unpaired) electrons. The molecule has 0 spiro atoms. The lowest BCUT2D eigenvalue weighted by Gasteiger charge is -2.28. The van der Waals surface area contributed by atoms with Gasteiger partial charge in [-0.25, -0.2) is 12.8 Å². The summed E-state index contributed by atoms with van der Waals surface area (Å²) in [4.78, 5) is 12.8. The third-order valence-electron chi connectivity index (χ3n) is 5.19. The molecule has 2 aromatic carbocycles. The van der Waals surface area contributed by atoms with E-state index < -0.39 is 56.9 Å². The summed E-state index contributed by atoms with van der Waals surface area (Å²) in [7, 11) is -4.03. The molecule has 176 valence electrons. The fourth-order valence-corrected chi connectivity index (χ4v) is 4.86. The number of amides is 1. The van der Waals surface area contributed by atoms with Gasteiger partial charge in [-0.1, -0.05) is 42.5 Å². The average molecular weight is 483 g/mol. The number of halogens is 4. The van der Waals surface area contributed by atoms with Crippen LogP contribution in [0.4, 0.5) is 17.6 Å². The Balaban J connectivity index is 1.89. The molecule has 0 aromatic heterocycles. The molecule has 2 atom stereocenters. The van der Waals surface area contributed by atoms with Crippen LogP contribution in [-0.2, 0) is 20.4 Å². The van der Waals surface area contributed by atoms with E-state index in [-0.39, 0.29) is 5.56 Å². The Morgan fingerprint density at radius 1 is 1.09 bits per heavy atom. The molecule has 0 heterocycles. The highest BCUT2D eigenvalue weighted by Gasteiger charge is 2.48. The van der Waals surface area contributed by atoms with Gasteiger partial charge in [0, 0.05) is 0 Å². The van der Waals surface area contributed by atoms with Gasteiger partial charge in [0.05, 0.1) is 17.6 Å². The number of hydrogen-bond donors (Lipinski definition) is 2. The van der Waals surface area contributed by atoms with Crippen molar-refractivity contribution in [3.8, 4) is 6.07 Å². The number of alkyl halides is 3. The molecular formula is C22H21F4N3O3S. The van der Waals surface area contributed by atoms with E-state index in [1.807, 2.05) is 6.07 Å². The third kappa shape index (κ3) is 6.76. The number of sulfone groups is 1. The van der Waals surface area contributed by atoms with E-state index in [4.69, 9.17) is 0 Å². The van der Waals surface area contributed by atoms with E-state index in [1.165, 1.54) is 0 Å². The number of nitrogens with zero attached hydrogens (tertiary/aromatic N) is 1. The van der Waals surface area contributed by atoms with E-state index in [2.05, 4.69) is 10.6 Å². The van der Waals surface area contributed by atoms with Crippen molar-refractivity contribution in [2.24, 2.45) is 0 Å². The first-order valence-electron chi connectivity index (χ1n) is 9.99. The smallest absolute Gasteiger partial charge is 0.336 e. The first-order valence-corrected chi connectivity index (χ1v) is 11.8. The Kier molecular flexibility index (Phi) is 7.09. The molecule has 1 fully saturated rings. The molecule has 0 bridgehead atoms. The summed E-state index contributed by atoms with van der Waals surface area (Å²) in [5.41, 5.74) is -1.18. The van der Waals surface area contributed by atoms with Crippen LogP contribution in [0.25, 0.3) is 0 Å². The van der Waals surface area contributed by atoms with Gasteiger partial charge in [-0.2, -0.15) is 18.4 Å². The average Bonchev–Trinajstić information content (AvgIpc) is 3.51. The SMILES string of the molecule is N#CC1(NC(=O)[C@H](CS(=O)(=O)Cc2ccccc2)N[C@@H](c2ccc(F)cc2)C(F)(F)F)CC1. The lowest BCUT2D eigenvalue weighted by atomic mass is 10.0. The number of rotatable bonds is 9. The highest BCUT2D eigenvalue weighted by molar-refractivity contribution is 7.90. The molecule has 6 nitrogen and oxygen atoms in total. The summed E-state index contributed by atoms with van der Waals surface area (Å²) >= 11 is 0. The highest BCUT2D eigenvalue weighted by atomic mass is 32.2. The van der Waals surface area contributed by atoms with Crippen LogP contribution in [0, 0.1) is 17.1 Å². The van der Waals surface area contributed by atoms with Crippen molar-refractivity contribution in [2.45, 2.75) is 42.4 Å². The molecule has 33 heavy (non-hydrogen) atoms.